The number of hydrogen-bond acceptors (Lipinski definition) is 2. The highest BCUT2D eigenvalue weighted by Crippen LogP contribution is 2.25. The number of alkyl halides is 3. The van der Waals surface area contributed by atoms with Crippen molar-refractivity contribution in [3.8, 4) is 0 Å². The van der Waals surface area contributed by atoms with Crippen LogP contribution in [0.5, 0.6) is 0 Å². The van der Waals surface area contributed by atoms with Gasteiger partial charge in [0, 0.05) is 14.7 Å². The van der Waals surface area contributed by atoms with Crippen LogP contribution in [0.3, 0.4) is 0 Å². The molecule has 0 aromatic carbocycles. The zero-order chi connectivity index (χ0) is 15.7. The van der Waals surface area contributed by atoms with Gasteiger partial charge in [0.15, 0.2) is 0 Å². The molecule has 1 aliphatic rings. The van der Waals surface area contributed by atoms with Gasteiger partial charge in [-0.1, -0.05) is 0 Å². The fourth-order valence-electron chi connectivity index (χ4n) is 0.448. The van der Waals surface area contributed by atoms with Gasteiger partial charge in [-0.05, 0) is 12.7 Å². The predicted octanol–water partition coefficient (Wildman–Crippen LogP) is 0.662. The lowest BCUT2D eigenvalue weighted by Crippen LogP contribution is -2.49. The third kappa shape index (κ3) is 2.34. The fourth-order valence-corrected chi connectivity index (χ4v) is 0.448. The average Bonchev–Trinajstić information content (AvgIpc) is 2.12. The molecule has 1 fully saturated rings. The minimum atomic E-state index is -5.67. The van der Waals surface area contributed by atoms with Crippen LogP contribution >= 0.6 is 0 Å². The molecule has 0 amide bonds. The molecule has 2 unspecified atom stereocenters. The van der Waals surface area contributed by atoms with Gasteiger partial charge in [0.1, 0.15) is 6.02 Å². The van der Waals surface area contributed by atoms with E-state index in [2.05, 4.69) is 0 Å². The Labute approximate surface area is 73.6 Å². The topological polar surface area (TPSA) is 32.3 Å². The molecular weight excluding hydrogens is 159 g/mol. The molecule has 1 aliphatic heterocycles. The Morgan fingerprint density at radius 3 is 2.73 bits per heavy atom. The molecule has 0 spiro atoms. The van der Waals surface area contributed by atoms with Crippen LogP contribution in [-0.4, -0.2) is 29.9 Å². The number of aliphatic hydroxyl groups is 1. The van der Waals surface area contributed by atoms with Crippen LogP contribution in [0.4, 0.5) is 13.2 Å². The van der Waals surface area contributed by atoms with Crippen molar-refractivity contribution in [3.05, 3.63) is 0 Å². The molecule has 5 heteroatoms. The van der Waals surface area contributed by atoms with Crippen LogP contribution in [0.1, 0.15) is 23.7 Å². The molecule has 2 N–H and O–H groups in total. The minimum Gasteiger partial charge on any atom is -0.392 e. The maximum atomic E-state index is 12.8. The molecule has 0 saturated carbocycles. The SMILES string of the molecule is [2H]C1([2H])NC([2H])(C(F)(F)F)C([2H])([2H])C([2H])([2H])C1([2H])O. The van der Waals surface area contributed by atoms with Gasteiger partial charge in [-0.2, -0.15) is 13.2 Å². The van der Waals surface area contributed by atoms with Gasteiger partial charge in [0.2, 0.25) is 0 Å². The summed E-state index contributed by atoms with van der Waals surface area (Å²) in [5, 5.41) is 10.3. The quantitative estimate of drug-likeness (QED) is 0.569. The summed E-state index contributed by atoms with van der Waals surface area (Å²) in [6, 6.07) is -4.36. The summed E-state index contributed by atoms with van der Waals surface area (Å²) in [6.45, 7) is -3.70. The van der Waals surface area contributed by atoms with Crippen LogP contribution < -0.4 is 5.32 Å². The van der Waals surface area contributed by atoms with Crippen LogP contribution in [0.2, 0.25) is 0 Å². The normalized spacial score (nSPS) is 71.6. The monoisotopic (exact) mass is 177 g/mol. The predicted molar refractivity (Wildman–Crippen MR) is 33.1 cm³/mol. The number of rotatable bonds is 0. The second kappa shape index (κ2) is 2.98. The van der Waals surface area contributed by atoms with Gasteiger partial charge < -0.3 is 10.4 Å². The third-order valence-electron chi connectivity index (χ3n) is 0.895. The summed E-state index contributed by atoms with van der Waals surface area (Å²) in [5.74, 6) is 0. The van der Waals surface area contributed by atoms with Gasteiger partial charge in [-0.25, -0.2) is 0 Å². The number of β-amino-alcohol motifs (C(OH)–C–C–N with tert-alkyl or cyclic N) is 1. The lowest BCUT2D eigenvalue weighted by molar-refractivity contribution is -0.163. The van der Waals surface area contributed by atoms with Gasteiger partial charge in [0.25, 0.3) is 0 Å². The van der Waals surface area contributed by atoms with Gasteiger partial charge >= 0.3 is 6.18 Å². The Balaban J connectivity index is 3.60. The van der Waals surface area contributed by atoms with E-state index < -0.39 is 37.5 Å². The largest absolute Gasteiger partial charge is 0.403 e. The summed E-state index contributed by atoms with van der Waals surface area (Å²) in [7, 11) is 0. The molecule has 1 saturated heterocycles. The molecule has 0 bridgehead atoms. The van der Waals surface area contributed by atoms with E-state index in [1.807, 2.05) is 0 Å². The second-order valence-corrected chi connectivity index (χ2v) is 1.72. The standard InChI is InChI=1S/C6H10F3NO/c7-6(8,9)5-2-1-4(11)3-10-5/h4-5,10-11H,1-3H2/i1D2,2D2,3D2,4D,5D. The van der Waals surface area contributed by atoms with E-state index in [1.54, 1.807) is 0 Å². The molecule has 1 heterocycles. The number of piperidine rings is 1. The average molecular weight is 177 g/mol. The summed E-state index contributed by atoms with van der Waals surface area (Å²) >= 11 is 0. The van der Waals surface area contributed by atoms with Crippen LogP contribution in [0.15, 0.2) is 0 Å². The maximum absolute atomic E-state index is 12.8. The first-order valence-electron chi connectivity index (χ1n) is 6.54. The molecule has 66 valence electrons. The zero-order valence-corrected chi connectivity index (χ0v) is 5.08. The van der Waals surface area contributed by atoms with E-state index in [9.17, 15) is 18.3 Å². The maximum Gasteiger partial charge on any atom is 0.403 e. The molecule has 0 aromatic heterocycles. The number of nitrogens with one attached hydrogen (secondary N) is 1. The van der Waals surface area contributed by atoms with Crippen molar-refractivity contribution in [2.45, 2.75) is 31.0 Å². The highest BCUT2D eigenvalue weighted by molar-refractivity contribution is 4.82. The minimum absolute atomic E-state index is 0.868. The lowest BCUT2D eigenvalue weighted by atomic mass is 10.0. The Bertz CT molecular complexity index is 396. The molecule has 0 radical (unpaired) electrons. The Kier molecular flexibility index (Phi) is 0.783. The molecule has 2 atom stereocenters. The second-order valence-electron chi connectivity index (χ2n) is 1.72. The van der Waals surface area contributed by atoms with Gasteiger partial charge in [0.05, 0.1) is 8.82 Å². The number of hydrogen-bond donors (Lipinski definition) is 2. The van der Waals surface area contributed by atoms with Crippen molar-refractivity contribution in [2.24, 2.45) is 0 Å². The van der Waals surface area contributed by atoms with E-state index >= 15 is 0 Å². The number of halogens is 3. The lowest BCUT2D eigenvalue weighted by Gasteiger charge is -2.28. The van der Waals surface area contributed by atoms with Crippen molar-refractivity contribution in [3.63, 3.8) is 0 Å². The van der Waals surface area contributed by atoms with Crippen molar-refractivity contribution in [2.75, 3.05) is 6.50 Å². The van der Waals surface area contributed by atoms with Crippen LogP contribution in [0, 0.1) is 0 Å². The van der Waals surface area contributed by atoms with Crippen molar-refractivity contribution in [1.29, 1.82) is 0 Å². The molecule has 11 heavy (non-hydrogen) atoms. The summed E-state index contributed by atoms with van der Waals surface area (Å²) in [6.07, 6.45) is -17.6. The van der Waals surface area contributed by atoms with Crippen LogP contribution in [0.25, 0.3) is 0 Å². The summed E-state index contributed by atoms with van der Waals surface area (Å²) in [5.41, 5.74) is 0. The van der Waals surface area contributed by atoms with Gasteiger partial charge in [-0.3, -0.25) is 0 Å². The van der Waals surface area contributed by atoms with Crippen molar-refractivity contribution in [1.82, 2.24) is 5.32 Å². The molecule has 2 nitrogen and oxygen atoms in total. The zero-order valence-electron chi connectivity index (χ0n) is 13.1. The van der Waals surface area contributed by atoms with Crippen molar-refractivity contribution < 1.29 is 29.2 Å². The van der Waals surface area contributed by atoms with Gasteiger partial charge in [-0.15, -0.1) is 0 Å². The van der Waals surface area contributed by atoms with E-state index in [-0.39, 0.29) is 0 Å². The Hall–Kier alpha value is -0.290. The Morgan fingerprint density at radius 1 is 1.55 bits per heavy atom. The van der Waals surface area contributed by atoms with Crippen LogP contribution in [-0.2, 0) is 0 Å². The molecule has 1 rings (SSSR count). The van der Waals surface area contributed by atoms with E-state index in [0.717, 1.165) is 5.32 Å². The van der Waals surface area contributed by atoms with E-state index in [0.29, 0.717) is 0 Å². The molecule has 0 aliphatic carbocycles. The summed E-state index contributed by atoms with van der Waals surface area (Å²) in [4.78, 5) is 0. The van der Waals surface area contributed by atoms with E-state index in [4.69, 9.17) is 11.0 Å². The smallest absolute Gasteiger partial charge is 0.392 e. The molecular formula is C6H10F3NO. The first-order chi connectivity index (χ1) is 7.96. The highest BCUT2D eigenvalue weighted by atomic mass is 19.4. The highest BCUT2D eigenvalue weighted by Gasteiger charge is 2.41. The van der Waals surface area contributed by atoms with E-state index in [1.165, 1.54) is 0 Å². The fraction of sp³-hybridized carbons (Fsp3) is 1.00. The Morgan fingerprint density at radius 2 is 2.18 bits per heavy atom. The molecule has 0 aromatic rings. The summed E-state index contributed by atoms with van der Waals surface area (Å²) < 4.78 is 95.4. The van der Waals surface area contributed by atoms with Crippen molar-refractivity contribution >= 4 is 0 Å². The third-order valence-corrected chi connectivity index (χ3v) is 0.895. The first kappa shape index (κ1) is 2.88. The first-order valence-corrected chi connectivity index (χ1v) is 2.54.